The van der Waals surface area contributed by atoms with Gasteiger partial charge in [0.1, 0.15) is 24.2 Å². The van der Waals surface area contributed by atoms with E-state index in [9.17, 15) is 0 Å². The van der Waals surface area contributed by atoms with Gasteiger partial charge >= 0.3 is 0 Å². The summed E-state index contributed by atoms with van der Waals surface area (Å²) in [4.78, 5) is 2.43. The molecular formula is C48H45NSi3. The summed E-state index contributed by atoms with van der Waals surface area (Å²) < 4.78 is 0. The number of anilines is 3. The molecule has 3 heterocycles. The zero-order valence-corrected chi connectivity index (χ0v) is 34.0. The molecule has 6 aromatic carbocycles. The molecule has 0 fully saturated rings. The second-order valence-electron chi connectivity index (χ2n) is 16.3. The summed E-state index contributed by atoms with van der Waals surface area (Å²) in [5.41, 5.74) is 11.7. The van der Waals surface area contributed by atoms with Crippen molar-refractivity contribution in [2.45, 2.75) is 39.3 Å². The third kappa shape index (κ3) is 5.15. The lowest BCUT2D eigenvalue weighted by molar-refractivity contribution is 1.28. The third-order valence-electron chi connectivity index (χ3n) is 12.1. The average Bonchev–Trinajstić information content (AvgIpc) is 3.71. The van der Waals surface area contributed by atoms with E-state index in [1.54, 1.807) is 0 Å². The third-order valence-corrected chi connectivity index (χ3v) is 22.9. The highest BCUT2D eigenvalue weighted by Crippen LogP contribution is 2.41. The van der Waals surface area contributed by atoms with E-state index in [-0.39, 0.29) is 0 Å². The van der Waals surface area contributed by atoms with Crippen molar-refractivity contribution in [3.63, 3.8) is 0 Å². The number of rotatable bonds is 6. The van der Waals surface area contributed by atoms with Crippen molar-refractivity contribution in [1.29, 1.82) is 0 Å². The van der Waals surface area contributed by atoms with E-state index in [1.807, 2.05) is 0 Å². The highest BCUT2D eigenvalue weighted by Gasteiger charge is 2.38. The Balaban J connectivity index is 1.09. The fourth-order valence-corrected chi connectivity index (χ4v) is 18.4. The van der Waals surface area contributed by atoms with Crippen LogP contribution in [0.25, 0.3) is 33.8 Å². The lowest BCUT2D eigenvalue weighted by Gasteiger charge is -2.28. The Kier molecular flexibility index (Phi) is 7.60. The van der Waals surface area contributed by atoms with Crippen molar-refractivity contribution in [3.8, 4) is 0 Å². The topological polar surface area (TPSA) is 3.24 Å². The van der Waals surface area contributed by atoms with Gasteiger partial charge in [-0.15, -0.1) is 0 Å². The molecule has 254 valence electrons. The van der Waals surface area contributed by atoms with Crippen molar-refractivity contribution < 1.29 is 0 Å². The first-order valence-corrected chi connectivity index (χ1v) is 27.6. The Morgan fingerprint density at radius 3 is 0.808 bits per heavy atom. The van der Waals surface area contributed by atoms with Crippen LogP contribution in [0.5, 0.6) is 0 Å². The van der Waals surface area contributed by atoms with Gasteiger partial charge in [-0.3, -0.25) is 0 Å². The zero-order chi connectivity index (χ0) is 35.8. The first kappa shape index (κ1) is 32.9. The highest BCUT2D eigenvalue weighted by molar-refractivity contribution is 7.08. The fraction of sp³-hybridized carbons (Fsp3) is 0.125. The lowest BCUT2D eigenvalue weighted by Crippen LogP contribution is -2.40. The Morgan fingerprint density at radius 2 is 0.558 bits per heavy atom. The van der Waals surface area contributed by atoms with Gasteiger partial charge in [-0.2, -0.15) is 0 Å². The molecule has 4 heteroatoms. The van der Waals surface area contributed by atoms with Crippen molar-refractivity contribution in [2.24, 2.45) is 0 Å². The molecule has 0 aliphatic carbocycles. The van der Waals surface area contributed by atoms with Gasteiger partial charge < -0.3 is 4.90 Å². The van der Waals surface area contributed by atoms with Crippen molar-refractivity contribution in [1.82, 2.24) is 0 Å². The van der Waals surface area contributed by atoms with Gasteiger partial charge in [0.15, 0.2) is 0 Å². The van der Waals surface area contributed by atoms with Crippen LogP contribution in [0.3, 0.4) is 0 Å². The van der Waals surface area contributed by atoms with Crippen LogP contribution in [0, 0.1) is 0 Å². The summed E-state index contributed by atoms with van der Waals surface area (Å²) in [7, 11) is -5.31. The van der Waals surface area contributed by atoms with Gasteiger partial charge in [0.05, 0.1) is 0 Å². The normalized spacial score (nSPS) is 17.1. The minimum atomic E-state index is -1.77. The van der Waals surface area contributed by atoms with Crippen LogP contribution in [0.4, 0.5) is 17.1 Å². The van der Waals surface area contributed by atoms with Crippen LogP contribution in [0.2, 0.25) is 39.3 Å². The SMILES string of the molecule is C[Si]1(C)C(c2ccc(N(c3ccc(C4=Cc5ccccc5[Si]4(C)C)cc3)c3ccc(C4=Cc5ccccc5[Si]4(C)C)cc3)cc2)=Cc2ccccc21. The Labute approximate surface area is 312 Å². The van der Waals surface area contributed by atoms with Crippen molar-refractivity contribution >= 4 is 90.7 Å². The van der Waals surface area contributed by atoms with E-state index in [2.05, 4.69) is 208 Å². The number of benzene rings is 6. The van der Waals surface area contributed by atoms with Gasteiger partial charge in [0.2, 0.25) is 0 Å². The molecule has 0 saturated carbocycles. The molecule has 0 saturated heterocycles. The summed E-state index contributed by atoms with van der Waals surface area (Å²) in [6.07, 6.45) is 7.31. The zero-order valence-electron chi connectivity index (χ0n) is 31.0. The molecule has 0 atom stereocenters. The van der Waals surface area contributed by atoms with Crippen LogP contribution in [0.1, 0.15) is 33.4 Å². The molecular weight excluding hydrogens is 675 g/mol. The predicted octanol–water partition coefficient (Wildman–Crippen LogP) is 11.2. The van der Waals surface area contributed by atoms with Gasteiger partial charge in [-0.1, -0.05) is 167 Å². The van der Waals surface area contributed by atoms with Crippen LogP contribution in [-0.2, 0) is 0 Å². The van der Waals surface area contributed by atoms with Crippen LogP contribution < -0.4 is 20.5 Å². The largest absolute Gasteiger partial charge is 0.311 e. The molecule has 52 heavy (non-hydrogen) atoms. The monoisotopic (exact) mass is 719 g/mol. The Morgan fingerprint density at radius 1 is 0.308 bits per heavy atom. The minimum Gasteiger partial charge on any atom is -0.311 e. The van der Waals surface area contributed by atoms with Gasteiger partial charge in [-0.25, -0.2) is 0 Å². The summed E-state index contributed by atoms with van der Waals surface area (Å²) in [6.45, 7) is 14.9. The average molecular weight is 720 g/mol. The van der Waals surface area contributed by atoms with E-state index in [1.165, 1.54) is 81.6 Å². The molecule has 0 bridgehead atoms. The Hall–Kier alpha value is -5.01. The second-order valence-corrected chi connectivity index (χ2v) is 29.3. The maximum atomic E-state index is 2.48. The molecule has 3 aliphatic rings. The quantitative estimate of drug-likeness (QED) is 0.155. The lowest BCUT2D eigenvalue weighted by atomic mass is 10.1. The summed E-state index contributed by atoms with van der Waals surface area (Å²) in [5, 5.41) is 9.14. The highest BCUT2D eigenvalue weighted by atomic mass is 28.3. The van der Waals surface area contributed by atoms with Gasteiger partial charge in [0, 0.05) is 17.1 Å². The smallest absolute Gasteiger partial charge is 0.113 e. The van der Waals surface area contributed by atoms with Gasteiger partial charge in [0.25, 0.3) is 0 Å². The number of hydrogen-bond acceptors (Lipinski definition) is 1. The van der Waals surface area contributed by atoms with Gasteiger partial charge in [-0.05, 0) is 101 Å². The molecule has 9 rings (SSSR count). The number of hydrogen-bond donors (Lipinski definition) is 0. The van der Waals surface area contributed by atoms with E-state index in [0.717, 1.165) is 0 Å². The van der Waals surface area contributed by atoms with Crippen LogP contribution in [0.15, 0.2) is 146 Å². The van der Waals surface area contributed by atoms with Crippen LogP contribution >= 0.6 is 0 Å². The molecule has 3 aliphatic heterocycles. The summed E-state index contributed by atoms with van der Waals surface area (Å²) >= 11 is 0. The van der Waals surface area contributed by atoms with Crippen molar-refractivity contribution in [2.75, 3.05) is 4.90 Å². The fourth-order valence-electron chi connectivity index (χ4n) is 9.17. The standard InChI is InChI=1S/C48H45NSi3/c1-50(2)43-16-10-7-13-37(43)31-46(50)34-19-25-40(26-20-34)49(41-27-21-35(22-28-41)47-32-38-14-8-11-17-44(38)51(47,3)4)42-29-23-36(24-30-42)48-33-39-15-9-12-18-45(39)52(48,5)6/h7-33H,1-6H3. The maximum absolute atomic E-state index is 2.48. The number of fused-ring (bicyclic) bond motifs is 3. The molecule has 0 unspecified atom stereocenters. The molecule has 1 nitrogen and oxygen atoms in total. The molecule has 0 radical (unpaired) electrons. The molecule has 6 aromatic rings. The maximum Gasteiger partial charge on any atom is 0.113 e. The van der Waals surface area contributed by atoms with Crippen molar-refractivity contribution in [3.05, 3.63) is 179 Å². The first-order chi connectivity index (χ1) is 25.0. The van der Waals surface area contributed by atoms with E-state index >= 15 is 0 Å². The summed E-state index contributed by atoms with van der Waals surface area (Å²) in [5.74, 6) is 0. The molecule has 0 amide bonds. The molecule has 0 aromatic heterocycles. The minimum absolute atomic E-state index is 1.17. The van der Waals surface area contributed by atoms with E-state index < -0.39 is 24.2 Å². The van der Waals surface area contributed by atoms with E-state index in [0.29, 0.717) is 0 Å². The van der Waals surface area contributed by atoms with E-state index in [4.69, 9.17) is 0 Å². The Bertz CT molecular complexity index is 2180. The second kappa shape index (κ2) is 12.0. The molecule has 0 N–H and O–H groups in total. The number of nitrogens with zero attached hydrogens (tertiary/aromatic N) is 1. The van der Waals surface area contributed by atoms with Crippen LogP contribution in [-0.4, -0.2) is 24.2 Å². The predicted molar refractivity (Wildman–Crippen MR) is 235 cm³/mol. The molecule has 0 spiro atoms. The first-order valence-electron chi connectivity index (χ1n) is 18.6. The summed E-state index contributed by atoms with van der Waals surface area (Å²) in [6, 6.07) is 54.9.